The molecule has 7 heteroatoms. The lowest BCUT2D eigenvalue weighted by Crippen LogP contribution is -2.27. The average Bonchev–Trinajstić information content (AvgIpc) is 2.97. The molecule has 1 amide bonds. The summed E-state index contributed by atoms with van der Waals surface area (Å²) in [5.74, 6) is 1.85. The smallest absolute Gasteiger partial charge is 0.236 e. The van der Waals surface area contributed by atoms with Crippen molar-refractivity contribution >= 4 is 17.7 Å². The first-order chi connectivity index (χ1) is 11.2. The summed E-state index contributed by atoms with van der Waals surface area (Å²) in [4.78, 5) is 16.0. The summed E-state index contributed by atoms with van der Waals surface area (Å²) in [5, 5.41) is 6.70. The second kappa shape index (κ2) is 9.29. The van der Waals surface area contributed by atoms with Gasteiger partial charge in [0.25, 0.3) is 0 Å². The highest BCUT2D eigenvalue weighted by Gasteiger charge is 2.07. The topological polar surface area (TPSA) is 68.0 Å². The van der Waals surface area contributed by atoms with E-state index in [2.05, 4.69) is 22.4 Å². The van der Waals surface area contributed by atoms with Gasteiger partial charge in [-0.1, -0.05) is 24.2 Å². The number of carbonyl (C=O) groups is 1. The van der Waals surface area contributed by atoms with Gasteiger partial charge in [0.1, 0.15) is 5.82 Å². The molecule has 1 N–H and O–H groups in total. The maximum Gasteiger partial charge on any atom is 0.236 e. The molecule has 0 spiro atoms. The van der Waals surface area contributed by atoms with Crippen molar-refractivity contribution in [2.75, 3.05) is 12.3 Å². The van der Waals surface area contributed by atoms with Crippen LogP contribution in [0, 0.1) is 5.82 Å². The summed E-state index contributed by atoms with van der Waals surface area (Å²) < 4.78 is 17.9. The summed E-state index contributed by atoms with van der Waals surface area (Å²) in [7, 11) is 0. The van der Waals surface area contributed by atoms with Gasteiger partial charge >= 0.3 is 0 Å². The van der Waals surface area contributed by atoms with Crippen LogP contribution >= 0.6 is 11.8 Å². The van der Waals surface area contributed by atoms with Gasteiger partial charge in [0.15, 0.2) is 5.82 Å². The van der Waals surface area contributed by atoms with E-state index in [1.165, 1.54) is 23.9 Å². The quantitative estimate of drug-likeness (QED) is 0.762. The molecule has 23 heavy (non-hydrogen) atoms. The van der Waals surface area contributed by atoms with Gasteiger partial charge in [0.2, 0.25) is 11.8 Å². The maximum atomic E-state index is 12.8. The van der Waals surface area contributed by atoms with Crippen molar-refractivity contribution in [3.8, 4) is 0 Å². The number of hydrogen-bond donors (Lipinski definition) is 1. The van der Waals surface area contributed by atoms with Gasteiger partial charge < -0.3 is 9.84 Å². The van der Waals surface area contributed by atoms with Crippen molar-refractivity contribution in [1.82, 2.24) is 15.5 Å². The Labute approximate surface area is 139 Å². The number of thioether (sulfide) groups is 1. The van der Waals surface area contributed by atoms with Crippen LogP contribution < -0.4 is 5.32 Å². The number of aryl methyl sites for hydroxylation is 1. The lowest BCUT2D eigenvalue weighted by molar-refractivity contribution is -0.118. The van der Waals surface area contributed by atoms with E-state index < -0.39 is 0 Å². The standard InChI is InChI=1S/C16H20FN3O2S/c1-2-3-14-19-16(22-20-14)11-23-10-15(21)18-9-8-12-4-6-13(17)7-5-12/h4-7H,2-3,8-11H2,1H3,(H,18,21). The highest BCUT2D eigenvalue weighted by Crippen LogP contribution is 2.10. The van der Waals surface area contributed by atoms with E-state index in [1.807, 2.05) is 0 Å². The summed E-state index contributed by atoms with van der Waals surface area (Å²) in [5.41, 5.74) is 0.994. The molecule has 2 aromatic rings. The van der Waals surface area contributed by atoms with E-state index in [-0.39, 0.29) is 11.7 Å². The summed E-state index contributed by atoms with van der Waals surface area (Å²) in [6, 6.07) is 6.29. The Morgan fingerprint density at radius 1 is 1.30 bits per heavy atom. The number of nitrogens with one attached hydrogen (secondary N) is 1. The number of carbonyl (C=O) groups excluding carboxylic acids is 1. The second-order valence-corrected chi connectivity index (χ2v) is 6.06. The number of aromatic nitrogens is 2. The van der Waals surface area contributed by atoms with Crippen molar-refractivity contribution in [2.45, 2.75) is 31.9 Å². The minimum Gasteiger partial charge on any atom is -0.355 e. The van der Waals surface area contributed by atoms with Gasteiger partial charge in [0, 0.05) is 13.0 Å². The van der Waals surface area contributed by atoms with Crippen LogP contribution in [0.1, 0.15) is 30.6 Å². The first-order valence-corrected chi connectivity index (χ1v) is 8.73. The van der Waals surface area contributed by atoms with Crippen LogP contribution in [0.2, 0.25) is 0 Å². The predicted molar refractivity (Wildman–Crippen MR) is 87.6 cm³/mol. The van der Waals surface area contributed by atoms with Crippen molar-refractivity contribution in [3.63, 3.8) is 0 Å². The average molecular weight is 337 g/mol. The molecule has 124 valence electrons. The number of benzene rings is 1. The molecule has 0 atom stereocenters. The largest absolute Gasteiger partial charge is 0.355 e. The zero-order valence-corrected chi connectivity index (χ0v) is 13.9. The number of hydrogen-bond acceptors (Lipinski definition) is 5. The highest BCUT2D eigenvalue weighted by atomic mass is 32.2. The normalized spacial score (nSPS) is 10.7. The first kappa shape index (κ1) is 17.5. The Bertz CT molecular complexity index is 616. The van der Waals surface area contributed by atoms with Crippen LogP contribution in [0.3, 0.4) is 0 Å². The molecule has 0 aliphatic rings. The molecular weight excluding hydrogens is 317 g/mol. The fourth-order valence-electron chi connectivity index (χ4n) is 1.95. The molecular formula is C16H20FN3O2S. The summed E-state index contributed by atoms with van der Waals surface area (Å²) in [6.07, 6.45) is 2.46. The van der Waals surface area contributed by atoms with Gasteiger partial charge in [-0.15, -0.1) is 11.8 Å². The van der Waals surface area contributed by atoms with Crippen molar-refractivity contribution in [3.05, 3.63) is 47.4 Å². The zero-order chi connectivity index (χ0) is 16.5. The van der Waals surface area contributed by atoms with Crippen LogP contribution in [0.4, 0.5) is 4.39 Å². The summed E-state index contributed by atoms with van der Waals surface area (Å²) >= 11 is 1.44. The maximum absolute atomic E-state index is 12.8. The number of rotatable bonds is 9. The highest BCUT2D eigenvalue weighted by molar-refractivity contribution is 7.99. The molecule has 0 fully saturated rings. The third-order valence-corrected chi connectivity index (χ3v) is 4.01. The monoisotopic (exact) mass is 337 g/mol. The predicted octanol–water partition coefficient (Wildman–Crippen LogP) is 2.75. The van der Waals surface area contributed by atoms with E-state index >= 15 is 0 Å². The van der Waals surface area contributed by atoms with E-state index in [0.717, 1.165) is 18.4 Å². The Morgan fingerprint density at radius 3 is 2.83 bits per heavy atom. The van der Waals surface area contributed by atoms with E-state index in [4.69, 9.17) is 4.52 Å². The molecule has 5 nitrogen and oxygen atoms in total. The van der Waals surface area contributed by atoms with E-state index in [1.54, 1.807) is 12.1 Å². The minimum absolute atomic E-state index is 0.0367. The van der Waals surface area contributed by atoms with Crippen LogP contribution in [-0.2, 0) is 23.4 Å². The van der Waals surface area contributed by atoms with Gasteiger partial charge in [-0.3, -0.25) is 4.79 Å². The van der Waals surface area contributed by atoms with Crippen LogP contribution in [0.25, 0.3) is 0 Å². The lowest BCUT2D eigenvalue weighted by Gasteiger charge is -2.04. The van der Waals surface area contributed by atoms with Gasteiger partial charge in [-0.25, -0.2) is 4.39 Å². The van der Waals surface area contributed by atoms with E-state index in [9.17, 15) is 9.18 Å². The Kier molecular flexibility index (Phi) is 7.06. The van der Waals surface area contributed by atoms with Crippen LogP contribution in [0.15, 0.2) is 28.8 Å². The molecule has 0 aliphatic carbocycles. The van der Waals surface area contributed by atoms with Crippen molar-refractivity contribution < 1.29 is 13.7 Å². The molecule has 1 aromatic heterocycles. The second-order valence-electron chi connectivity index (χ2n) is 5.07. The SMILES string of the molecule is CCCc1noc(CSCC(=O)NCCc2ccc(F)cc2)n1. The Morgan fingerprint density at radius 2 is 2.09 bits per heavy atom. The Hall–Kier alpha value is -1.89. The summed E-state index contributed by atoms with van der Waals surface area (Å²) in [6.45, 7) is 2.59. The molecule has 0 radical (unpaired) electrons. The van der Waals surface area contributed by atoms with Gasteiger partial charge in [-0.05, 0) is 30.5 Å². The number of halogens is 1. The molecule has 1 heterocycles. The molecule has 0 saturated carbocycles. The molecule has 0 bridgehead atoms. The lowest BCUT2D eigenvalue weighted by atomic mass is 10.1. The Balaban J connectivity index is 1.60. The van der Waals surface area contributed by atoms with Crippen molar-refractivity contribution in [2.24, 2.45) is 0 Å². The number of amides is 1. The van der Waals surface area contributed by atoms with Crippen LogP contribution in [-0.4, -0.2) is 28.3 Å². The molecule has 0 unspecified atom stereocenters. The zero-order valence-electron chi connectivity index (χ0n) is 13.0. The van der Waals surface area contributed by atoms with Gasteiger partial charge in [0.05, 0.1) is 11.5 Å². The van der Waals surface area contributed by atoms with E-state index in [0.29, 0.717) is 36.2 Å². The minimum atomic E-state index is -0.252. The number of nitrogens with zero attached hydrogens (tertiary/aromatic N) is 2. The van der Waals surface area contributed by atoms with Gasteiger partial charge in [-0.2, -0.15) is 4.98 Å². The van der Waals surface area contributed by atoms with Crippen molar-refractivity contribution in [1.29, 1.82) is 0 Å². The third-order valence-electron chi connectivity index (χ3n) is 3.09. The molecule has 0 saturated heterocycles. The first-order valence-electron chi connectivity index (χ1n) is 7.57. The third kappa shape index (κ3) is 6.40. The van der Waals surface area contributed by atoms with Crippen LogP contribution in [0.5, 0.6) is 0 Å². The fraction of sp³-hybridized carbons (Fsp3) is 0.438. The fourth-order valence-corrected chi connectivity index (χ4v) is 2.63. The molecule has 2 rings (SSSR count). The molecule has 0 aliphatic heterocycles. The molecule has 1 aromatic carbocycles.